The van der Waals surface area contributed by atoms with Crippen molar-refractivity contribution in [3.63, 3.8) is 0 Å². The number of para-hydroxylation sites is 5. The zero-order valence-electron chi connectivity index (χ0n) is 64.3. The molecule has 118 heavy (non-hydrogen) atoms. The molecule has 22 aromatic rings. The number of hydrogen-bond donors (Lipinski definition) is 0. The first kappa shape index (κ1) is 69.0. The van der Waals surface area contributed by atoms with E-state index >= 15 is 0 Å². The lowest BCUT2D eigenvalue weighted by Crippen LogP contribution is -2.12. The lowest BCUT2D eigenvalue weighted by molar-refractivity contribution is 0.669. The molecule has 0 N–H and O–H groups in total. The second kappa shape index (κ2) is 29.3. The highest BCUT2D eigenvalue weighted by Crippen LogP contribution is 2.56. The van der Waals surface area contributed by atoms with Crippen molar-refractivity contribution < 1.29 is 8.83 Å². The number of benzene rings is 20. The van der Waals surface area contributed by atoms with Crippen LogP contribution in [0.15, 0.2) is 458 Å². The summed E-state index contributed by atoms with van der Waals surface area (Å²) in [6.07, 6.45) is 0. The van der Waals surface area contributed by atoms with E-state index in [0.29, 0.717) is 0 Å². The van der Waals surface area contributed by atoms with Crippen molar-refractivity contribution in [2.24, 2.45) is 0 Å². The van der Waals surface area contributed by atoms with E-state index in [1.165, 1.54) is 0 Å². The predicted molar refractivity (Wildman–Crippen MR) is 497 cm³/mol. The molecule has 0 bridgehead atoms. The minimum atomic E-state index is 0.754. The highest BCUT2D eigenvalue weighted by molar-refractivity contribution is 6.33. The van der Waals surface area contributed by atoms with Gasteiger partial charge in [0.2, 0.25) is 0 Å². The molecule has 0 saturated heterocycles. The molecule has 22 rings (SSSR count). The smallest absolute Gasteiger partial charge is 0.160 e. The number of anilines is 12. The van der Waals surface area contributed by atoms with Crippen LogP contribution in [0.25, 0.3) is 143 Å². The Hall–Kier alpha value is -15.8. The van der Waals surface area contributed by atoms with Gasteiger partial charge in [0, 0.05) is 66.8 Å². The molecule has 554 valence electrons. The highest BCUT2D eigenvalue weighted by Gasteiger charge is 2.32. The van der Waals surface area contributed by atoms with Crippen molar-refractivity contribution in [3.8, 4) is 55.6 Å². The standard InChI is InChI=1S/C112H74N4O2/c1-8-35-75(36-9-1)79-46-32-55-90(67-79)113(87-49-16-5-17-50-87)101-71-83-43-22-27-62-97(83)107-108-98-70-82(65-66-86(98)74-102(110(108)117-109(101)107)114(88-51-18-6-19-52-88)91-56-33-47-80(68-91)76-37-10-2-11-38-76)81-48-34-57-92(69-81)116(100-64-31-29-59-94(100)78-41-14-4-15-42-78)104-73-85-45-24-26-61-96(85)106-105-95-60-25-23-44-84(95)72-103(111(105)118-112(104)106)115(89-53-20-7-21-54-89)99-63-30-28-58-93(99)77-39-12-3-13-40-77/h1-74H. The molecule has 0 amide bonds. The van der Waals surface area contributed by atoms with E-state index in [-0.39, 0.29) is 0 Å². The lowest BCUT2D eigenvalue weighted by Gasteiger charge is -2.29. The number of fused-ring (bicyclic) bond motifs is 14. The molecule has 0 aliphatic carbocycles. The molecule has 0 aliphatic rings. The SMILES string of the molecule is c1ccc(-c2cccc(N(c3ccccc3)c3cc4ccccc4c4c3oc3c(N(c5ccccc5)c5cccc(-c6ccccc6)c5)cc5ccc(-c6cccc(N(c7ccccc7-c7ccccc7)c7cc8ccccc8c8c7oc7c(N(c9ccccc9)c9ccccc9-c9ccccc9)cc9ccccc9c78)c6)cc5c34)c2)cc1. The molecule has 0 fully saturated rings. The zero-order valence-corrected chi connectivity index (χ0v) is 64.3. The number of rotatable bonds is 17. The molecule has 0 unspecified atom stereocenters. The van der Waals surface area contributed by atoms with Crippen molar-refractivity contribution in [3.05, 3.63) is 449 Å². The van der Waals surface area contributed by atoms with E-state index in [4.69, 9.17) is 8.83 Å². The van der Waals surface area contributed by atoms with Gasteiger partial charge in [-0.05, 0) is 203 Å². The molecule has 0 radical (unpaired) electrons. The molecule has 0 saturated carbocycles. The van der Waals surface area contributed by atoms with Crippen LogP contribution in [-0.4, -0.2) is 0 Å². The first-order chi connectivity index (χ1) is 58.6. The lowest BCUT2D eigenvalue weighted by atomic mass is 9.94. The van der Waals surface area contributed by atoms with Crippen molar-refractivity contribution >= 4 is 155 Å². The number of furan rings is 2. The van der Waals surface area contributed by atoms with E-state index in [1.807, 2.05) is 0 Å². The van der Waals surface area contributed by atoms with Gasteiger partial charge >= 0.3 is 0 Å². The fraction of sp³-hybridized carbons (Fsp3) is 0. The molecular formula is C112H74N4O2. The van der Waals surface area contributed by atoms with Crippen LogP contribution in [0.5, 0.6) is 0 Å². The van der Waals surface area contributed by atoms with E-state index in [0.717, 1.165) is 211 Å². The van der Waals surface area contributed by atoms with Gasteiger partial charge in [0.25, 0.3) is 0 Å². The predicted octanol–water partition coefficient (Wildman–Crippen LogP) is 32.3. The fourth-order valence-electron chi connectivity index (χ4n) is 18.0. The molecule has 0 aliphatic heterocycles. The summed E-state index contributed by atoms with van der Waals surface area (Å²) in [5.41, 5.74) is 25.6. The second-order valence-electron chi connectivity index (χ2n) is 30.2. The average Bonchev–Trinajstić information content (AvgIpc) is 1.54. The molecule has 20 aromatic carbocycles. The molecule has 6 nitrogen and oxygen atoms in total. The Morgan fingerprint density at radius 2 is 0.398 bits per heavy atom. The van der Waals surface area contributed by atoms with Gasteiger partial charge in [-0.2, -0.15) is 0 Å². The van der Waals surface area contributed by atoms with Crippen molar-refractivity contribution in [1.82, 2.24) is 0 Å². The molecule has 0 atom stereocenters. The topological polar surface area (TPSA) is 39.2 Å². The molecule has 2 aromatic heterocycles. The van der Waals surface area contributed by atoms with E-state index in [2.05, 4.69) is 469 Å². The first-order valence-corrected chi connectivity index (χ1v) is 40.3. The summed E-state index contributed by atoms with van der Waals surface area (Å²) in [6, 6.07) is 162. The Morgan fingerprint density at radius 1 is 0.144 bits per heavy atom. The van der Waals surface area contributed by atoms with Gasteiger partial charge in [0.15, 0.2) is 22.3 Å². The van der Waals surface area contributed by atoms with Gasteiger partial charge < -0.3 is 28.4 Å². The van der Waals surface area contributed by atoms with Crippen molar-refractivity contribution in [2.75, 3.05) is 19.6 Å². The molecular weight excluding hydrogens is 1430 g/mol. The van der Waals surface area contributed by atoms with Crippen LogP contribution < -0.4 is 19.6 Å². The average molecular weight is 1510 g/mol. The fourth-order valence-corrected chi connectivity index (χ4v) is 18.0. The zero-order chi connectivity index (χ0) is 78.0. The summed E-state index contributed by atoms with van der Waals surface area (Å²) in [5.74, 6) is 0. The van der Waals surface area contributed by atoms with Crippen molar-refractivity contribution in [2.45, 2.75) is 0 Å². The number of hydrogen-bond acceptors (Lipinski definition) is 6. The van der Waals surface area contributed by atoms with Crippen LogP contribution in [-0.2, 0) is 0 Å². The molecule has 6 heteroatoms. The maximum atomic E-state index is 8.05. The Bertz CT molecular complexity index is 7560. The first-order valence-electron chi connectivity index (χ1n) is 40.3. The van der Waals surface area contributed by atoms with Gasteiger partial charge in [-0.1, -0.05) is 334 Å². The second-order valence-corrected chi connectivity index (χ2v) is 30.2. The van der Waals surface area contributed by atoms with Gasteiger partial charge in [-0.3, -0.25) is 0 Å². The monoisotopic (exact) mass is 1510 g/mol. The van der Waals surface area contributed by atoms with Crippen LogP contribution >= 0.6 is 0 Å². The van der Waals surface area contributed by atoms with Gasteiger partial charge in [-0.25, -0.2) is 0 Å². The van der Waals surface area contributed by atoms with Crippen LogP contribution in [0, 0.1) is 0 Å². The van der Waals surface area contributed by atoms with Gasteiger partial charge in [-0.15, -0.1) is 0 Å². The van der Waals surface area contributed by atoms with Crippen LogP contribution in [0.1, 0.15) is 0 Å². The third kappa shape index (κ3) is 12.0. The Morgan fingerprint density at radius 3 is 0.788 bits per heavy atom. The largest absolute Gasteiger partial charge is 0.452 e. The number of nitrogens with zero attached hydrogens (tertiary/aromatic N) is 4. The van der Waals surface area contributed by atoms with Gasteiger partial charge in [0.1, 0.15) is 0 Å². The Kier molecular flexibility index (Phi) is 17.1. The van der Waals surface area contributed by atoms with E-state index in [9.17, 15) is 0 Å². The van der Waals surface area contributed by atoms with E-state index in [1.54, 1.807) is 0 Å². The van der Waals surface area contributed by atoms with Crippen LogP contribution in [0.3, 0.4) is 0 Å². The Labute approximate surface area is 683 Å². The van der Waals surface area contributed by atoms with E-state index < -0.39 is 0 Å². The maximum absolute atomic E-state index is 8.05. The van der Waals surface area contributed by atoms with Crippen LogP contribution in [0.4, 0.5) is 68.2 Å². The third-order valence-electron chi connectivity index (χ3n) is 23.3. The summed E-state index contributed by atoms with van der Waals surface area (Å²) in [5, 5.41) is 12.7. The minimum absolute atomic E-state index is 0.754. The third-order valence-corrected chi connectivity index (χ3v) is 23.3. The summed E-state index contributed by atoms with van der Waals surface area (Å²) >= 11 is 0. The summed E-state index contributed by atoms with van der Waals surface area (Å²) < 4.78 is 16.1. The van der Waals surface area contributed by atoms with Gasteiger partial charge in [0.05, 0.1) is 34.1 Å². The maximum Gasteiger partial charge on any atom is 0.160 e. The Balaban J connectivity index is 0.804. The minimum Gasteiger partial charge on any atom is -0.452 e. The van der Waals surface area contributed by atoms with Crippen LogP contribution in [0.2, 0.25) is 0 Å². The summed E-state index contributed by atoms with van der Waals surface area (Å²) in [4.78, 5) is 9.61. The normalized spacial score (nSPS) is 11.6. The quantitative estimate of drug-likeness (QED) is 0.0905. The molecule has 0 spiro atoms. The molecule has 2 heterocycles. The summed E-state index contributed by atoms with van der Waals surface area (Å²) in [7, 11) is 0. The highest BCUT2D eigenvalue weighted by atomic mass is 16.3. The van der Waals surface area contributed by atoms with Crippen molar-refractivity contribution in [1.29, 1.82) is 0 Å². The summed E-state index contributed by atoms with van der Waals surface area (Å²) in [6.45, 7) is 0.